The van der Waals surface area contributed by atoms with E-state index in [0.717, 1.165) is 0 Å². The number of benzene rings is 5. The first-order valence-electron chi connectivity index (χ1n) is 14.8. The molecule has 1 aliphatic rings. The van der Waals surface area contributed by atoms with Crippen molar-refractivity contribution < 1.29 is 17.6 Å². The van der Waals surface area contributed by atoms with Crippen molar-refractivity contribution in [2.24, 2.45) is 0 Å². The molecule has 7 rings (SSSR count). The summed E-state index contributed by atoms with van der Waals surface area (Å²) < 4.78 is 2.33. The number of rotatable bonds is 4. The normalized spacial score (nSPS) is 12.8. The van der Waals surface area contributed by atoms with E-state index in [4.69, 9.17) is 29.1 Å². The van der Waals surface area contributed by atoms with E-state index >= 15 is 0 Å². The van der Waals surface area contributed by atoms with Crippen molar-refractivity contribution in [2.45, 2.75) is 0 Å². The molecule has 1 aromatic heterocycles. The van der Waals surface area contributed by atoms with E-state index in [2.05, 4.69) is 163 Å². The Morgan fingerprint density at radius 1 is 0.644 bits per heavy atom. The first kappa shape index (κ1) is 32.7. The summed E-state index contributed by atoms with van der Waals surface area (Å²) in [5.74, 6) is 0. The van der Waals surface area contributed by atoms with Crippen molar-refractivity contribution in [1.29, 1.82) is 0 Å². The van der Waals surface area contributed by atoms with E-state index in [9.17, 15) is 0 Å². The summed E-state index contributed by atoms with van der Waals surface area (Å²) in [6.07, 6.45) is 1.95. The Hall–Kier alpha value is -3.66. The number of para-hydroxylation sites is 2. The largest absolute Gasteiger partial charge is 0.361 e. The Morgan fingerprint density at radius 3 is 1.84 bits per heavy atom. The fourth-order valence-corrected chi connectivity index (χ4v) is 5.56. The maximum absolute atomic E-state index is 5.01. The monoisotopic (exact) mass is 701 g/mol. The molecule has 0 aliphatic carbocycles. The van der Waals surface area contributed by atoms with Crippen LogP contribution in [-0.4, -0.2) is 36.4 Å². The SMILES string of the molecule is CN(C)c1ccc(C(=C2C(c3ccccc3)=[N+](C)c3ccccc32)c2ccccc2)cc1.[Cl][Zn-]([Cl])[Cl].c1ccc2[nH]ccc2c1. The average Bonchev–Trinajstić information content (AvgIpc) is 3.65. The summed E-state index contributed by atoms with van der Waals surface area (Å²) in [6, 6.07) is 49.4. The molecule has 2 heterocycles. The summed E-state index contributed by atoms with van der Waals surface area (Å²) in [5, 5.41) is 1.28. The molecule has 0 atom stereocenters. The number of nitrogens with zero attached hydrogens (tertiary/aromatic N) is 2. The molecule has 1 aliphatic heterocycles. The maximum atomic E-state index is 5.01. The van der Waals surface area contributed by atoms with Crippen LogP contribution in [0.5, 0.6) is 0 Å². The molecule has 1 N–H and O–H groups in total. The second-order valence-electron chi connectivity index (χ2n) is 10.7. The molecular weight excluding hydrogens is 670 g/mol. The standard InChI is InChI=1S/C30H27N2.C8H7N.3ClH.Zn/c1-31(2)25-20-18-23(19-21-25)28(22-12-6-4-7-13-22)29-26-16-10-11-17-27(26)32(3)30(29)24-14-8-5-9-15-24;1-2-4-8-7(3-1)5-6-9-8;;;;/h4-21H,1-3H3;1-6,9H;3*1H;/q+1;;;;;+2/p-3. The van der Waals surface area contributed by atoms with Crippen LogP contribution in [0.3, 0.4) is 0 Å². The second-order valence-corrected chi connectivity index (χ2v) is 24.6. The van der Waals surface area contributed by atoms with Gasteiger partial charge in [0.2, 0.25) is 11.4 Å². The van der Waals surface area contributed by atoms with Crippen molar-refractivity contribution in [2.75, 3.05) is 26.0 Å². The number of halogens is 3. The van der Waals surface area contributed by atoms with Crippen LogP contribution in [-0.2, 0) is 13.0 Å². The molecule has 0 radical (unpaired) electrons. The minimum atomic E-state index is -2.21. The van der Waals surface area contributed by atoms with Crippen LogP contribution in [0.2, 0.25) is 0 Å². The number of allylic oxidation sites excluding steroid dienone is 1. The topological polar surface area (TPSA) is 22.0 Å². The van der Waals surface area contributed by atoms with E-state index in [-0.39, 0.29) is 0 Å². The smallest absolute Gasteiger partial charge is 0.0453 e. The third-order valence-electron chi connectivity index (χ3n) is 7.60. The van der Waals surface area contributed by atoms with Crippen molar-refractivity contribution in [3.05, 3.63) is 168 Å². The average molecular weight is 704 g/mol. The van der Waals surface area contributed by atoms with Crippen molar-refractivity contribution in [1.82, 2.24) is 4.98 Å². The Bertz CT molecular complexity index is 1880. The van der Waals surface area contributed by atoms with Crippen LogP contribution in [0.4, 0.5) is 11.4 Å². The first-order chi connectivity index (χ1) is 21.8. The van der Waals surface area contributed by atoms with Crippen LogP contribution < -0.4 is 4.90 Å². The zero-order chi connectivity index (χ0) is 31.8. The summed E-state index contributed by atoms with van der Waals surface area (Å²) in [6.45, 7) is 0. The molecule has 5 aromatic carbocycles. The van der Waals surface area contributed by atoms with Crippen molar-refractivity contribution >= 4 is 68.2 Å². The predicted octanol–water partition coefficient (Wildman–Crippen LogP) is 10.7. The Kier molecular flexibility index (Phi) is 11.3. The Labute approximate surface area is 283 Å². The van der Waals surface area contributed by atoms with Crippen LogP contribution in [0.15, 0.2) is 146 Å². The van der Waals surface area contributed by atoms with Crippen molar-refractivity contribution in [3.8, 4) is 0 Å². The van der Waals surface area contributed by atoms with E-state index in [0.29, 0.717) is 0 Å². The van der Waals surface area contributed by atoms with Gasteiger partial charge < -0.3 is 9.88 Å². The molecule has 0 spiro atoms. The van der Waals surface area contributed by atoms with Gasteiger partial charge in [-0.25, -0.2) is 0 Å². The number of hydrogen-bond acceptors (Lipinski definition) is 1. The Morgan fingerprint density at radius 2 is 1.20 bits per heavy atom. The van der Waals surface area contributed by atoms with Gasteiger partial charge in [-0.15, -0.1) is 0 Å². The number of fused-ring (bicyclic) bond motifs is 2. The van der Waals surface area contributed by atoms with Gasteiger partial charge in [-0.2, -0.15) is 4.58 Å². The third kappa shape index (κ3) is 7.96. The summed E-state index contributed by atoms with van der Waals surface area (Å²) >= 11 is -2.21. The molecule has 3 nitrogen and oxygen atoms in total. The summed E-state index contributed by atoms with van der Waals surface area (Å²) in [5.41, 5.74) is 12.3. The summed E-state index contributed by atoms with van der Waals surface area (Å²) in [4.78, 5) is 5.26. The van der Waals surface area contributed by atoms with Crippen LogP contribution in [0, 0.1) is 0 Å². The van der Waals surface area contributed by atoms with Gasteiger partial charge in [-0.3, -0.25) is 0 Å². The molecule has 0 amide bonds. The van der Waals surface area contributed by atoms with Crippen LogP contribution in [0.1, 0.15) is 22.3 Å². The molecule has 7 heteroatoms. The second kappa shape index (κ2) is 15.6. The molecule has 0 unspecified atom stereocenters. The molecule has 45 heavy (non-hydrogen) atoms. The molecule has 0 bridgehead atoms. The minimum Gasteiger partial charge on any atom is -0.361 e. The fourth-order valence-electron chi connectivity index (χ4n) is 5.56. The molecule has 0 fully saturated rings. The zero-order valence-corrected chi connectivity index (χ0v) is 30.8. The molecule has 224 valence electrons. The van der Waals surface area contributed by atoms with Crippen molar-refractivity contribution in [3.63, 3.8) is 0 Å². The number of anilines is 1. The van der Waals surface area contributed by atoms with Crippen LogP contribution >= 0.6 is 29.1 Å². The van der Waals surface area contributed by atoms with Gasteiger partial charge >= 0.3 is 42.1 Å². The molecule has 0 saturated heterocycles. The predicted molar refractivity (Wildman–Crippen MR) is 192 cm³/mol. The third-order valence-corrected chi connectivity index (χ3v) is 7.60. The summed E-state index contributed by atoms with van der Waals surface area (Å²) in [7, 11) is 21.4. The molecule has 0 saturated carbocycles. The fraction of sp³-hybridized carbons (Fsp3) is 0.0789. The van der Waals surface area contributed by atoms with Gasteiger partial charge in [-0.1, -0.05) is 91.0 Å². The van der Waals surface area contributed by atoms with Gasteiger partial charge in [0.25, 0.3) is 0 Å². The van der Waals surface area contributed by atoms with Gasteiger partial charge in [0, 0.05) is 48.7 Å². The van der Waals surface area contributed by atoms with Gasteiger partial charge in [0.05, 0.1) is 11.1 Å². The Balaban J connectivity index is 0.000000255. The van der Waals surface area contributed by atoms with E-state index in [1.807, 2.05) is 18.3 Å². The quantitative estimate of drug-likeness (QED) is 0.143. The molecular formula is C38H34Cl3N3Zn. The van der Waals surface area contributed by atoms with E-state index in [1.54, 1.807) is 0 Å². The van der Waals surface area contributed by atoms with E-state index in [1.165, 1.54) is 61.4 Å². The number of H-pyrrole nitrogens is 1. The maximum Gasteiger partial charge on any atom is 0.0453 e. The number of aromatic nitrogens is 1. The first-order valence-corrected chi connectivity index (χ1v) is 26.5. The van der Waals surface area contributed by atoms with Gasteiger partial charge in [0.1, 0.15) is 7.05 Å². The van der Waals surface area contributed by atoms with Gasteiger partial charge in [0.15, 0.2) is 0 Å². The number of aromatic amines is 1. The van der Waals surface area contributed by atoms with E-state index < -0.39 is 13.0 Å². The van der Waals surface area contributed by atoms with Crippen LogP contribution in [0.25, 0.3) is 22.0 Å². The number of hydrogen-bond donors (Lipinski definition) is 1. The molecule has 6 aromatic rings. The minimum absolute atomic E-state index is 1.20. The van der Waals surface area contributed by atoms with Gasteiger partial charge in [-0.05, 0) is 59.0 Å². The number of nitrogens with one attached hydrogen (secondary N) is 1. The zero-order valence-electron chi connectivity index (χ0n) is 25.6.